The summed E-state index contributed by atoms with van der Waals surface area (Å²) in [5.41, 5.74) is 0.978. The van der Waals surface area contributed by atoms with Gasteiger partial charge in [0.2, 0.25) is 5.28 Å². The Morgan fingerprint density at radius 3 is 2.84 bits per heavy atom. The van der Waals surface area contributed by atoms with Crippen LogP contribution in [-0.4, -0.2) is 34.0 Å². The molecule has 1 N–H and O–H groups in total. The van der Waals surface area contributed by atoms with Gasteiger partial charge in [-0.2, -0.15) is 0 Å². The van der Waals surface area contributed by atoms with E-state index in [1.54, 1.807) is 0 Å². The fourth-order valence-corrected chi connectivity index (χ4v) is 4.23. The Bertz CT molecular complexity index is 432. The molecule has 2 atom stereocenters. The first-order valence-corrected chi connectivity index (χ1v) is 8.13. The Kier molecular flexibility index (Phi) is 4.35. The van der Waals surface area contributed by atoms with Gasteiger partial charge in [0.25, 0.3) is 0 Å². The number of fused-ring (bicyclic) bond motifs is 1. The summed E-state index contributed by atoms with van der Waals surface area (Å²) in [4.78, 5) is 9.71. The van der Waals surface area contributed by atoms with Gasteiger partial charge in [0, 0.05) is 6.04 Å². The molecule has 0 radical (unpaired) electrons. The fraction of sp³-hybridized carbons (Fsp3) is 0.786. The summed E-state index contributed by atoms with van der Waals surface area (Å²) >= 11 is 11.8. The van der Waals surface area contributed by atoms with Crippen LogP contribution in [0.4, 0.5) is 0 Å². The van der Waals surface area contributed by atoms with Gasteiger partial charge in [-0.05, 0) is 62.7 Å². The molecule has 1 saturated heterocycles. The van der Waals surface area contributed by atoms with Gasteiger partial charge in [-0.15, -0.1) is 0 Å². The van der Waals surface area contributed by atoms with Crippen LogP contribution in [0.15, 0.2) is 0 Å². The van der Waals surface area contributed by atoms with Gasteiger partial charge in [0.1, 0.15) is 0 Å². The van der Waals surface area contributed by atoms with Crippen molar-refractivity contribution in [3.05, 3.63) is 16.1 Å². The molecular formula is C14H21Cl2N3. The highest BCUT2D eigenvalue weighted by molar-refractivity contribution is 6.32. The molecule has 0 aromatic carbocycles. The van der Waals surface area contributed by atoms with E-state index < -0.39 is 0 Å². The molecule has 2 aliphatic rings. The second-order valence-corrected chi connectivity index (χ2v) is 6.55. The smallest absolute Gasteiger partial charge is 0.201 e. The van der Waals surface area contributed by atoms with Gasteiger partial charge in [-0.25, -0.2) is 4.98 Å². The average Bonchev–Trinajstić information content (AvgIpc) is 2.94. The SMILES string of the molecule is Clc1nc(Cl)c(CCCN2CC[C@@H]3CCCC[C@@H]32)[nH]1. The zero-order valence-corrected chi connectivity index (χ0v) is 12.7. The minimum atomic E-state index is 0.397. The molecule has 0 spiro atoms. The van der Waals surface area contributed by atoms with Crippen LogP contribution in [0.25, 0.3) is 0 Å². The number of imidazole rings is 1. The Labute approximate surface area is 124 Å². The Balaban J connectivity index is 1.49. The molecule has 3 rings (SSSR count). The van der Waals surface area contributed by atoms with E-state index in [1.165, 1.54) is 45.2 Å². The van der Waals surface area contributed by atoms with E-state index in [4.69, 9.17) is 23.2 Å². The number of aromatic amines is 1. The second kappa shape index (κ2) is 6.02. The summed E-state index contributed by atoms with van der Waals surface area (Å²) in [7, 11) is 0. The number of likely N-dealkylation sites (tertiary alicyclic amines) is 1. The summed E-state index contributed by atoms with van der Waals surface area (Å²) < 4.78 is 0. The van der Waals surface area contributed by atoms with E-state index in [2.05, 4.69) is 14.9 Å². The molecule has 1 aromatic rings. The third kappa shape index (κ3) is 3.09. The summed E-state index contributed by atoms with van der Waals surface area (Å²) in [6.07, 6.45) is 9.18. The summed E-state index contributed by atoms with van der Waals surface area (Å²) in [5.74, 6) is 0.971. The molecule has 19 heavy (non-hydrogen) atoms. The maximum atomic E-state index is 6.01. The Hall–Kier alpha value is -0.250. The number of nitrogens with one attached hydrogen (secondary N) is 1. The van der Waals surface area contributed by atoms with Crippen LogP contribution < -0.4 is 0 Å². The minimum Gasteiger partial charge on any atom is -0.331 e. The number of aromatic nitrogens is 2. The van der Waals surface area contributed by atoms with E-state index in [9.17, 15) is 0 Å². The number of H-pyrrole nitrogens is 1. The second-order valence-electron chi connectivity index (χ2n) is 5.84. The van der Waals surface area contributed by atoms with Crippen molar-refractivity contribution in [3.8, 4) is 0 Å². The highest BCUT2D eigenvalue weighted by Gasteiger charge is 2.34. The molecule has 1 aliphatic carbocycles. The van der Waals surface area contributed by atoms with Gasteiger partial charge < -0.3 is 9.88 Å². The topological polar surface area (TPSA) is 31.9 Å². The van der Waals surface area contributed by atoms with Crippen LogP contribution in [-0.2, 0) is 6.42 Å². The van der Waals surface area contributed by atoms with Gasteiger partial charge >= 0.3 is 0 Å². The van der Waals surface area contributed by atoms with Crippen LogP contribution in [0.5, 0.6) is 0 Å². The maximum absolute atomic E-state index is 6.01. The molecule has 0 bridgehead atoms. The molecule has 0 unspecified atom stereocenters. The normalized spacial score (nSPS) is 27.7. The molecule has 106 valence electrons. The number of hydrogen-bond donors (Lipinski definition) is 1. The van der Waals surface area contributed by atoms with Gasteiger partial charge in [-0.3, -0.25) is 0 Å². The van der Waals surface area contributed by atoms with E-state index in [1.807, 2.05) is 0 Å². The zero-order valence-electron chi connectivity index (χ0n) is 11.2. The van der Waals surface area contributed by atoms with E-state index >= 15 is 0 Å². The number of hydrogen-bond acceptors (Lipinski definition) is 2. The number of halogens is 2. The lowest BCUT2D eigenvalue weighted by Gasteiger charge is -2.31. The summed E-state index contributed by atoms with van der Waals surface area (Å²) in [5, 5.41) is 0.926. The van der Waals surface area contributed by atoms with Crippen LogP contribution in [0.3, 0.4) is 0 Å². The molecule has 2 fully saturated rings. The van der Waals surface area contributed by atoms with Gasteiger partial charge in [0.05, 0.1) is 5.69 Å². The molecule has 1 aromatic heterocycles. The highest BCUT2D eigenvalue weighted by atomic mass is 35.5. The Morgan fingerprint density at radius 2 is 2.05 bits per heavy atom. The third-order valence-corrected chi connectivity index (χ3v) is 5.19. The van der Waals surface area contributed by atoms with Crippen LogP contribution in [0.1, 0.15) is 44.2 Å². The predicted octanol–water partition coefficient (Wildman–Crippen LogP) is 3.91. The zero-order chi connectivity index (χ0) is 13.2. The molecule has 1 saturated carbocycles. The van der Waals surface area contributed by atoms with Crippen molar-refractivity contribution < 1.29 is 0 Å². The van der Waals surface area contributed by atoms with Crippen molar-refractivity contribution in [2.75, 3.05) is 13.1 Å². The van der Waals surface area contributed by atoms with Gasteiger partial charge in [-0.1, -0.05) is 24.4 Å². The molecule has 0 amide bonds. The predicted molar refractivity (Wildman–Crippen MR) is 78.9 cm³/mol. The molecule has 1 aliphatic heterocycles. The average molecular weight is 302 g/mol. The fourth-order valence-electron chi connectivity index (χ4n) is 3.76. The summed E-state index contributed by atoms with van der Waals surface area (Å²) in [6, 6.07) is 0.856. The molecular weight excluding hydrogens is 281 g/mol. The lowest BCUT2D eigenvalue weighted by Crippen LogP contribution is -2.35. The van der Waals surface area contributed by atoms with E-state index in [0.29, 0.717) is 10.4 Å². The van der Waals surface area contributed by atoms with Crippen molar-refractivity contribution in [2.24, 2.45) is 5.92 Å². The van der Waals surface area contributed by atoms with Crippen molar-refractivity contribution in [1.29, 1.82) is 0 Å². The molecule has 3 nitrogen and oxygen atoms in total. The molecule has 2 heterocycles. The first-order chi connectivity index (χ1) is 9.24. The van der Waals surface area contributed by atoms with Crippen molar-refractivity contribution in [2.45, 2.75) is 51.0 Å². The van der Waals surface area contributed by atoms with E-state index in [-0.39, 0.29) is 0 Å². The number of aryl methyl sites for hydroxylation is 1. The van der Waals surface area contributed by atoms with Gasteiger partial charge in [0.15, 0.2) is 5.15 Å². The largest absolute Gasteiger partial charge is 0.331 e. The highest BCUT2D eigenvalue weighted by Crippen LogP contribution is 2.36. The van der Waals surface area contributed by atoms with Crippen molar-refractivity contribution in [3.63, 3.8) is 0 Å². The van der Waals surface area contributed by atoms with E-state index in [0.717, 1.165) is 30.5 Å². The van der Waals surface area contributed by atoms with Crippen LogP contribution >= 0.6 is 23.2 Å². The first-order valence-electron chi connectivity index (χ1n) is 7.38. The lowest BCUT2D eigenvalue weighted by molar-refractivity contribution is 0.181. The third-order valence-electron chi connectivity index (χ3n) is 4.70. The standard InChI is InChI=1S/C14H21Cl2N3/c15-13-11(17-14(16)18-13)5-3-8-19-9-7-10-4-1-2-6-12(10)19/h10,12H,1-9H2,(H,17,18)/t10-,12-/m0/s1. The first kappa shape index (κ1) is 13.7. The van der Waals surface area contributed by atoms with Crippen LogP contribution in [0, 0.1) is 5.92 Å². The number of rotatable bonds is 4. The molecule has 5 heteroatoms. The monoisotopic (exact) mass is 301 g/mol. The number of nitrogens with zero attached hydrogens (tertiary/aromatic N) is 2. The quantitative estimate of drug-likeness (QED) is 0.914. The van der Waals surface area contributed by atoms with Crippen molar-refractivity contribution in [1.82, 2.24) is 14.9 Å². The minimum absolute atomic E-state index is 0.397. The Morgan fingerprint density at radius 1 is 1.21 bits per heavy atom. The summed E-state index contributed by atoms with van der Waals surface area (Å²) in [6.45, 7) is 2.46. The maximum Gasteiger partial charge on any atom is 0.201 e. The van der Waals surface area contributed by atoms with Crippen molar-refractivity contribution >= 4 is 23.2 Å². The van der Waals surface area contributed by atoms with Crippen LogP contribution in [0.2, 0.25) is 10.4 Å². The lowest BCUT2D eigenvalue weighted by atomic mass is 9.85.